The molecule has 0 fully saturated rings. The third kappa shape index (κ3) is 3.64. The number of allylic oxidation sites excluding steroid dienone is 1. The summed E-state index contributed by atoms with van der Waals surface area (Å²) in [5.74, 6) is 0.684. The summed E-state index contributed by atoms with van der Waals surface area (Å²) in [4.78, 5) is 2.33. The summed E-state index contributed by atoms with van der Waals surface area (Å²) in [5, 5.41) is 0. The lowest BCUT2D eigenvalue weighted by Gasteiger charge is -2.29. The van der Waals surface area contributed by atoms with Gasteiger partial charge in [-0.1, -0.05) is 12.2 Å². The molecule has 1 aliphatic heterocycles. The van der Waals surface area contributed by atoms with Gasteiger partial charge in [0.25, 0.3) is 5.88 Å². The van der Waals surface area contributed by atoms with Crippen LogP contribution >= 0.6 is 11.7 Å². The third-order valence-corrected chi connectivity index (χ3v) is 3.94. The van der Waals surface area contributed by atoms with Crippen molar-refractivity contribution in [2.75, 3.05) is 20.2 Å². The van der Waals surface area contributed by atoms with E-state index in [0.717, 1.165) is 31.5 Å². The molecule has 0 aromatic carbocycles. The van der Waals surface area contributed by atoms with E-state index in [2.05, 4.69) is 40.3 Å². The number of ether oxygens (including phenoxy) is 1. The summed E-state index contributed by atoms with van der Waals surface area (Å²) >= 11 is 1.22. The minimum absolute atomic E-state index is 0.590. The van der Waals surface area contributed by atoms with E-state index in [1.54, 1.807) is 0 Å². The molecule has 2 rings (SSSR count). The Kier molecular flexibility index (Phi) is 5.10. The summed E-state index contributed by atoms with van der Waals surface area (Å²) in [7, 11) is 2.14. The van der Waals surface area contributed by atoms with Crippen LogP contribution in [0.1, 0.15) is 31.9 Å². The molecule has 0 spiro atoms. The summed E-state index contributed by atoms with van der Waals surface area (Å²) in [6, 6.07) is 0.590. The Labute approximate surface area is 119 Å². The number of hydrogen-bond donors (Lipinski definition) is 0. The monoisotopic (exact) mass is 279 g/mol. The van der Waals surface area contributed by atoms with Crippen molar-refractivity contribution in [1.82, 2.24) is 13.6 Å². The van der Waals surface area contributed by atoms with Crippen molar-refractivity contribution < 1.29 is 4.74 Å². The Morgan fingerprint density at radius 1 is 1.58 bits per heavy atom. The Balaban J connectivity index is 2.01. The maximum atomic E-state index is 5.72. The van der Waals surface area contributed by atoms with Gasteiger partial charge in [-0.15, -0.1) is 11.0 Å². The lowest BCUT2D eigenvalue weighted by atomic mass is 10.0. The molecule has 104 valence electrons. The van der Waals surface area contributed by atoms with Crippen molar-refractivity contribution in [3.63, 3.8) is 0 Å². The molecule has 0 saturated carbocycles. The highest BCUT2D eigenvalue weighted by Gasteiger charge is 2.21. The van der Waals surface area contributed by atoms with Crippen LogP contribution in [0.5, 0.6) is 5.88 Å². The average molecular weight is 279 g/mol. The quantitative estimate of drug-likeness (QED) is 0.593. The van der Waals surface area contributed by atoms with Crippen LogP contribution < -0.4 is 4.74 Å². The van der Waals surface area contributed by atoms with Gasteiger partial charge in [-0.05, 0) is 38.8 Å². The molecular formula is C14H21N3OS. The largest absolute Gasteiger partial charge is 0.475 e. The zero-order valence-corrected chi connectivity index (χ0v) is 12.4. The predicted molar refractivity (Wildman–Crippen MR) is 79.5 cm³/mol. The van der Waals surface area contributed by atoms with E-state index in [0.29, 0.717) is 18.5 Å². The van der Waals surface area contributed by atoms with Crippen LogP contribution in [-0.2, 0) is 0 Å². The zero-order chi connectivity index (χ0) is 13.7. The first kappa shape index (κ1) is 14.2. The lowest BCUT2D eigenvalue weighted by molar-refractivity contribution is 0.278. The van der Waals surface area contributed by atoms with Gasteiger partial charge in [-0.3, -0.25) is 4.90 Å². The maximum Gasteiger partial charge on any atom is 0.253 e. The highest BCUT2D eigenvalue weighted by atomic mass is 32.1. The van der Waals surface area contributed by atoms with Gasteiger partial charge in [-0.25, -0.2) is 0 Å². The van der Waals surface area contributed by atoms with Crippen LogP contribution in [0.25, 0.3) is 5.57 Å². The summed E-state index contributed by atoms with van der Waals surface area (Å²) in [6.07, 6.45) is 7.16. The summed E-state index contributed by atoms with van der Waals surface area (Å²) < 4.78 is 14.4. The highest BCUT2D eigenvalue weighted by Crippen LogP contribution is 2.28. The first-order valence-corrected chi connectivity index (χ1v) is 7.41. The van der Waals surface area contributed by atoms with Crippen LogP contribution in [0.2, 0.25) is 0 Å². The third-order valence-electron chi connectivity index (χ3n) is 3.43. The van der Waals surface area contributed by atoms with Crippen molar-refractivity contribution in [2.45, 2.75) is 32.2 Å². The van der Waals surface area contributed by atoms with Gasteiger partial charge in [0.15, 0.2) is 0 Å². The Bertz CT molecular complexity index is 455. The van der Waals surface area contributed by atoms with Gasteiger partial charge in [0.2, 0.25) is 0 Å². The molecule has 0 bridgehead atoms. The molecule has 5 heteroatoms. The Hall–Kier alpha value is -1.20. The van der Waals surface area contributed by atoms with E-state index >= 15 is 0 Å². The SMILES string of the molecule is C=CCCCOc1nsnc1C1=CCC(C)N(C)C1. The van der Waals surface area contributed by atoms with E-state index in [9.17, 15) is 0 Å². The number of nitrogens with zero attached hydrogens (tertiary/aromatic N) is 3. The molecule has 1 aromatic heterocycles. The smallest absolute Gasteiger partial charge is 0.253 e. The van der Waals surface area contributed by atoms with Crippen LogP contribution in [0, 0.1) is 0 Å². The fourth-order valence-corrected chi connectivity index (χ4v) is 2.55. The van der Waals surface area contributed by atoms with E-state index in [-0.39, 0.29) is 0 Å². The molecule has 1 aliphatic rings. The number of likely N-dealkylation sites (N-methyl/N-ethyl adjacent to an activating group) is 1. The first-order valence-electron chi connectivity index (χ1n) is 6.68. The van der Waals surface area contributed by atoms with Gasteiger partial charge >= 0.3 is 0 Å². The number of aromatic nitrogens is 2. The summed E-state index contributed by atoms with van der Waals surface area (Å²) in [6.45, 7) is 7.52. The number of hydrogen-bond acceptors (Lipinski definition) is 5. The molecule has 1 aromatic rings. The minimum atomic E-state index is 0.590. The van der Waals surface area contributed by atoms with Crippen molar-refractivity contribution in [1.29, 1.82) is 0 Å². The lowest BCUT2D eigenvalue weighted by Crippen LogP contribution is -2.33. The van der Waals surface area contributed by atoms with Crippen LogP contribution in [0.15, 0.2) is 18.7 Å². The standard InChI is InChI=1S/C14H21N3OS/c1-4-5-6-9-18-14-13(15-19-16-14)12-8-7-11(2)17(3)10-12/h4,8,11H,1,5-7,9-10H2,2-3H3. The summed E-state index contributed by atoms with van der Waals surface area (Å²) in [5.41, 5.74) is 2.15. The minimum Gasteiger partial charge on any atom is -0.475 e. The molecule has 19 heavy (non-hydrogen) atoms. The van der Waals surface area contributed by atoms with Crippen molar-refractivity contribution >= 4 is 17.3 Å². The topological polar surface area (TPSA) is 38.3 Å². The second-order valence-corrected chi connectivity index (χ2v) is 5.45. The molecule has 1 atom stereocenters. The van der Waals surface area contributed by atoms with Gasteiger partial charge in [0.1, 0.15) is 5.69 Å². The van der Waals surface area contributed by atoms with Crippen molar-refractivity contribution in [2.24, 2.45) is 0 Å². The number of unbranched alkanes of at least 4 members (excludes halogenated alkanes) is 1. The molecule has 2 heterocycles. The van der Waals surface area contributed by atoms with Gasteiger partial charge in [0.05, 0.1) is 18.3 Å². The van der Waals surface area contributed by atoms with E-state index < -0.39 is 0 Å². The van der Waals surface area contributed by atoms with E-state index in [1.807, 2.05) is 6.08 Å². The second kappa shape index (κ2) is 6.82. The maximum absolute atomic E-state index is 5.72. The molecule has 0 radical (unpaired) electrons. The van der Waals surface area contributed by atoms with Crippen LogP contribution in [-0.4, -0.2) is 39.9 Å². The fraction of sp³-hybridized carbons (Fsp3) is 0.571. The zero-order valence-electron chi connectivity index (χ0n) is 11.6. The van der Waals surface area contributed by atoms with Gasteiger partial charge in [0, 0.05) is 12.6 Å². The van der Waals surface area contributed by atoms with Crippen LogP contribution in [0.4, 0.5) is 0 Å². The Morgan fingerprint density at radius 3 is 3.16 bits per heavy atom. The molecule has 0 aliphatic carbocycles. The molecule has 0 N–H and O–H groups in total. The molecule has 1 unspecified atom stereocenters. The molecule has 0 saturated heterocycles. The van der Waals surface area contributed by atoms with Crippen molar-refractivity contribution in [3.8, 4) is 5.88 Å². The number of rotatable bonds is 6. The highest BCUT2D eigenvalue weighted by molar-refractivity contribution is 6.99. The normalized spacial score (nSPS) is 20.1. The van der Waals surface area contributed by atoms with E-state index in [1.165, 1.54) is 17.3 Å². The van der Waals surface area contributed by atoms with Gasteiger partial charge in [-0.2, -0.15) is 4.37 Å². The van der Waals surface area contributed by atoms with Crippen molar-refractivity contribution in [3.05, 3.63) is 24.4 Å². The Morgan fingerprint density at radius 2 is 2.42 bits per heavy atom. The average Bonchev–Trinajstić information content (AvgIpc) is 2.86. The fourth-order valence-electron chi connectivity index (χ4n) is 2.02. The molecule has 4 nitrogen and oxygen atoms in total. The molecule has 0 amide bonds. The van der Waals surface area contributed by atoms with E-state index in [4.69, 9.17) is 4.74 Å². The van der Waals surface area contributed by atoms with Crippen LogP contribution in [0.3, 0.4) is 0 Å². The van der Waals surface area contributed by atoms with Gasteiger partial charge < -0.3 is 4.74 Å². The first-order chi connectivity index (χ1) is 9.22. The predicted octanol–water partition coefficient (Wildman–Crippen LogP) is 2.99. The molecular weight excluding hydrogens is 258 g/mol. The second-order valence-electron chi connectivity index (χ2n) is 4.93.